The van der Waals surface area contributed by atoms with E-state index in [0.29, 0.717) is 24.2 Å². The molecule has 2 aromatic rings. The van der Waals surface area contributed by atoms with Gasteiger partial charge in [0.05, 0.1) is 10.0 Å². The van der Waals surface area contributed by atoms with Crippen molar-refractivity contribution in [3.8, 4) is 5.75 Å². The van der Waals surface area contributed by atoms with Crippen molar-refractivity contribution >= 4 is 34.8 Å². The predicted molar refractivity (Wildman–Crippen MR) is 85.3 cm³/mol. The maximum absolute atomic E-state index is 12.3. The molecule has 0 aromatic heterocycles. The number of nitrogens with one attached hydrogen (secondary N) is 1. The highest BCUT2D eigenvalue weighted by Crippen LogP contribution is 2.34. The number of phenols is 1. The van der Waals surface area contributed by atoms with E-state index in [2.05, 4.69) is 5.32 Å². The molecular formula is C15H14Cl2N2O2. The fourth-order valence-corrected chi connectivity index (χ4v) is 2.44. The Labute approximate surface area is 132 Å². The topological polar surface area (TPSA) is 75.4 Å². The van der Waals surface area contributed by atoms with Crippen LogP contribution in [0.1, 0.15) is 15.9 Å². The molecule has 0 fully saturated rings. The molecule has 0 aliphatic carbocycles. The Morgan fingerprint density at radius 1 is 1.19 bits per heavy atom. The molecular weight excluding hydrogens is 311 g/mol. The van der Waals surface area contributed by atoms with Crippen LogP contribution in [0.5, 0.6) is 5.75 Å². The van der Waals surface area contributed by atoms with Gasteiger partial charge in [0, 0.05) is 11.3 Å². The molecule has 4 N–H and O–H groups in total. The molecule has 2 rings (SSSR count). The number of nitrogens with two attached hydrogens (primary N) is 1. The van der Waals surface area contributed by atoms with E-state index in [0.717, 1.165) is 5.56 Å². The number of halogens is 2. The third kappa shape index (κ3) is 3.67. The Hall–Kier alpha value is -1.75. The standard InChI is InChI=1S/C15H14Cl2N2O2/c16-12-7-10(8-13(17)14(12)20)19-15(21)11-4-2-1-3-9(11)5-6-18/h1-4,7-8,20H,5-6,18H2,(H,19,21). The molecule has 110 valence electrons. The molecule has 0 heterocycles. The number of benzene rings is 2. The number of aromatic hydroxyl groups is 1. The summed E-state index contributed by atoms with van der Waals surface area (Å²) >= 11 is 11.7. The predicted octanol–water partition coefficient (Wildman–Crippen LogP) is 3.45. The van der Waals surface area contributed by atoms with Gasteiger partial charge in [0.2, 0.25) is 0 Å². The number of carbonyl (C=O) groups excluding carboxylic acids is 1. The van der Waals surface area contributed by atoms with Gasteiger partial charge in [-0.25, -0.2) is 0 Å². The number of rotatable bonds is 4. The fourth-order valence-electron chi connectivity index (χ4n) is 1.95. The van der Waals surface area contributed by atoms with Crippen LogP contribution in [0, 0.1) is 0 Å². The highest BCUT2D eigenvalue weighted by Gasteiger charge is 2.13. The van der Waals surface area contributed by atoms with Gasteiger partial charge in [0.15, 0.2) is 5.75 Å². The number of phenolic OH excluding ortho intramolecular Hbond substituents is 1. The molecule has 0 saturated carbocycles. The fraction of sp³-hybridized carbons (Fsp3) is 0.133. The van der Waals surface area contributed by atoms with Crippen LogP contribution < -0.4 is 11.1 Å². The van der Waals surface area contributed by atoms with Crippen molar-refractivity contribution in [1.29, 1.82) is 0 Å². The Kier molecular flexibility index (Phi) is 5.07. The number of hydrogen-bond donors (Lipinski definition) is 3. The van der Waals surface area contributed by atoms with Gasteiger partial charge in [-0.05, 0) is 36.7 Å². The zero-order valence-electron chi connectivity index (χ0n) is 11.1. The average molecular weight is 325 g/mol. The molecule has 6 heteroatoms. The Bertz CT molecular complexity index is 651. The lowest BCUT2D eigenvalue weighted by Gasteiger charge is -2.11. The first-order valence-corrected chi connectivity index (χ1v) is 7.06. The van der Waals surface area contributed by atoms with E-state index in [1.807, 2.05) is 12.1 Å². The first kappa shape index (κ1) is 15.6. The lowest BCUT2D eigenvalue weighted by molar-refractivity contribution is 0.102. The molecule has 2 aromatic carbocycles. The van der Waals surface area contributed by atoms with Gasteiger partial charge in [-0.1, -0.05) is 41.4 Å². The average Bonchev–Trinajstić information content (AvgIpc) is 2.45. The van der Waals surface area contributed by atoms with E-state index in [1.54, 1.807) is 12.1 Å². The van der Waals surface area contributed by atoms with Gasteiger partial charge in [-0.15, -0.1) is 0 Å². The first-order valence-electron chi connectivity index (χ1n) is 6.30. The summed E-state index contributed by atoms with van der Waals surface area (Å²) < 4.78 is 0. The van der Waals surface area contributed by atoms with E-state index in [-0.39, 0.29) is 21.7 Å². The molecule has 0 saturated heterocycles. The summed E-state index contributed by atoms with van der Waals surface area (Å²) in [4.78, 5) is 12.3. The third-order valence-corrected chi connectivity index (χ3v) is 3.53. The summed E-state index contributed by atoms with van der Waals surface area (Å²) in [6.07, 6.45) is 0.612. The van der Waals surface area contributed by atoms with Crippen molar-refractivity contribution < 1.29 is 9.90 Å². The zero-order chi connectivity index (χ0) is 15.4. The molecule has 0 spiro atoms. The van der Waals surface area contributed by atoms with Crippen LogP contribution in [0.4, 0.5) is 5.69 Å². The van der Waals surface area contributed by atoms with Crippen LogP contribution in [0.25, 0.3) is 0 Å². The number of hydrogen-bond acceptors (Lipinski definition) is 3. The van der Waals surface area contributed by atoms with Gasteiger partial charge in [0.1, 0.15) is 0 Å². The van der Waals surface area contributed by atoms with Crippen molar-refractivity contribution in [2.45, 2.75) is 6.42 Å². The van der Waals surface area contributed by atoms with Crippen molar-refractivity contribution in [2.75, 3.05) is 11.9 Å². The van der Waals surface area contributed by atoms with Gasteiger partial charge in [-0.2, -0.15) is 0 Å². The number of carbonyl (C=O) groups is 1. The molecule has 0 bridgehead atoms. The van der Waals surface area contributed by atoms with Gasteiger partial charge in [-0.3, -0.25) is 4.79 Å². The molecule has 0 aliphatic heterocycles. The highest BCUT2D eigenvalue weighted by atomic mass is 35.5. The van der Waals surface area contributed by atoms with E-state index in [9.17, 15) is 9.90 Å². The van der Waals surface area contributed by atoms with Crippen molar-refractivity contribution in [3.05, 3.63) is 57.6 Å². The van der Waals surface area contributed by atoms with Gasteiger partial charge >= 0.3 is 0 Å². The molecule has 1 amide bonds. The lowest BCUT2D eigenvalue weighted by atomic mass is 10.0. The second-order valence-corrected chi connectivity index (χ2v) is 5.25. The molecule has 0 atom stereocenters. The smallest absolute Gasteiger partial charge is 0.255 e. The Morgan fingerprint density at radius 2 is 1.81 bits per heavy atom. The maximum atomic E-state index is 12.3. The highest BCUT2D eigenvalue weighted by molar-refractivity contribution is 6.37. The second kappa shape index (κ2) is 6.80. The van der Waals surface area contributed by atoms with Crippen LogP contribution in [0.3, 0.4) is 0 Å². The lowest BCUT2D eigenvalue weighted by Crippen LogP contribution is -2.15. The summed E-state index contributed by atoms with van der Waals surface area (Å²) in [6.45, 7) is 0.459. The van der Waals surface area contributed by atoms with Gasteiger partial charge in [0.25, 0.3) is 5.91 Å². The van der Waals surface area contributed by atoms with Crippen molar-refractivity contribution in [2.24, 2.45) is 5.73 Å². The van der Waals surface area contributed by atoms with E-state index in [4.69, 9.17) is 28.9 Å². The Balaban J connectivity index is 2.26. The van der Waals surface area contributed by atoms with Crippen LogP contribution in [-0.4, -0.2) is 17.6 Å². The summed E-state index contributed by atoms with van der Waals surface area (Å²) in [5, 5.41) is 12.4. The molecule has 21 heavy (non-hydrogen) atoms. The zero-order valence-corrected chi connectivity index (χ0v) is 12.6. The number of amides is 1. The van der Waals surface area contributed by atoms with E-state index in [1.165, 1.54) is 12.1 Å². The Morgan fingerprint density at radius 3 is 2.43 bits per heavy atom. The van der Waals surface area contributed by atoms with Crippen LogP contribution in [-0.2, 0) is 6.42 Å². The molecule has 0 unspecified atom stereocenters. The van der Waals surface area contributed by atoms with Crippen molar-refractivity contribution in [3.63, 3.8) is 0 Å². The summed E-state index contributed by atoms with van der Waals surface area (Å²) in [5.74, 6) is -0.489. The van der Waals surface area contributed by atoms with E-state index < -0.39 is 0 Å². The van der Waals surface area contributed by atoms with Crippen LogP contribution in [0.2, 0.25) is 10.0 Å². The molecule has 0 radical (unpaired) electrons. The minimum atomic E-state index is -0.281. The van der Waals surface area contributed by atoms with Gasteiger partial charge < -0.3 is 16.2 Å². The summed E-state index contributed by atoms with van der Waals surface area (Å²) in [6, 6.07) is 10.1. The monoisotopic (exact) mass is 324 g/mol. The quantitative estimate of drug-likeness (QED) is 0.754. The molecule has 0 aliphatic rings. The van der Waals surface area contributed by atoms with E-state index >= 15 is 0 Å². The minimum absolute atomic E-state index is 0.0769. The van der Waals surface area contributed by atoms with Crippen LogP contribution >= 0.6 is 23.2 Å². The van der Waals surface area contributed by atoms with Crippen molar-refractivity contribution in [1.82, 2.24) is 0 Å². The third-order valence-electron chi connectivity index (χ3n) is 2.95. The summed E-state index contributed by atoms with van der Waals surface area (Å²) in [7, 11) is 0. The largest absolute Gasteiger partial charge is 0.505 e. The number of anilines is 1. The first-order chi connectivity index (χ1) is 10.0. The normalized spacial score (nSPS) is 10.4. The SMILES string of the molecule is NCCc1ccccc1C(=O)Nc1cc(Cl)c(O)c(Cl)c1. The summed E-state index contributed by atoms with van der Waals surface area (Å²) in [5.41, 5.74) is 7.37. The second-order valence-electron chi connectivity index (χ2n) is 4.44. The maximum Gasteiger partial charge on any atom is 0.255 e. The van der Waals surface area contributed by atoms with Crippen LogP contribution in [0.15, 0.2) is 36.4 Å². The minimum Gasteiger partial charge on any atom is -0.505 e. The molecule has 4 nitrogen and oxygen atoms in total.